The number of nitrogens with zero attached hydrogens (tertiary/aromatic N) is 1. The minimum absolute atomic E-state index is 0.0236. The van der Waals surface area contributed by atoms with Crippen LogP contribution in [0.4, 0.5) is 0 Å². The number of esters is 2. The molecule has 2 rings (SSSR count). The zero-order chi connectivity index (χ0) is 15.4. The van der Waals surface area contributed by atoms with Crippen LogP contribution in [0.15, 0.2) is 48.6 Å². The predicted octanol–water partition coefficient (Wildman–Crippen LogP) is 2.57. The molecule has 0 spiro atoms. The van der Waals surface area contributed by atoms with Crippen molar-refractivity contribution in [2.24, 2.45) is 0 Å². The summed E-state index contributed by atoms with van der Waals surface area (Å²) in [6.07, 6.45) is -0.959. The average Bonchev–Trinajstić information content (AvgIpc) is 2.50. The van der Waals surface area contributed by atoms with E-state index in [4.69, 9.17) is 4.74 Å². The maximum atomic E-state index is 11.6. The molecule has 0 bridgehead atoms. The summed E-state index contributed by atoms with van der Waals surface area (Å²) in [6.45, 7) is 4.91. The number of carbonyl (C=O) groups is 2. The molecule has 1 unspecified atom stereocenters. The zero-order valence-electron chi connectivity index (χ0n) is 11.8. The second kappa shape index (κ2) is 6.17. The molecule has 0 N–H and O–H groups in total. The Morgan fingerprint density at radius 3 is 2.57 bits per heavy atom. The number of hydrogen-bond donors (Lipinski definition) is 0. The van der Waals surface area contributed by atoms with Crippen LogP contribution < -0.4 is 0 Å². The van der Waals surface area contributed by atoms with Crippen LogP contribution in [0.1, 0.15) is 18.7 Å². The third kappa shape index (κ3) is 3.25. The third-order valence-electron chi connectivity index (χ3n) is 2.94. The van der Waals surface area contributed by atoms with Crippen LogP contribution in [-0.2, 0) is 19.1 Å². The van der Waals surface area contributed by atoms with Gasteiger partial charge in [0.1, 0.15) is 0 Å². The number of carbonyl (C=O) groups excluding carboxylic acids is 2. The number of fused-ring (bicyclic) bond motifs is 1. The molecular weight excluding hydrogens is 270 g/mol. The Labute approximate surface area is 122 Å². The first-order valence-electron chi connectivity index (χ1n) is 6.33. The molecule has 1 heterocycles. The molecule has 1 aromatic carbocycles. The Morgan fingerprint density at radius 2 is 1.90 bits per heavy atom. The lowest BCUT2D eigenvalue weighted by atomic mass is 10.1. The second-order valence-corrected chi connectivity index (χ2v) is 4.44. The molecule has 5 nitrogen and oxygen atoms in total. The molecule has 0 aliphatic heterocycles. The van der Waals surface area contributed by atoms with Crippen LogP contribution in [0, 0.1) is 0 Å². The first-order valence-corrected chi connectivity index (χ1v) is 6.33. The largest absolute Gasteiger partial charge is 0.466 e. The van der Waals surface area contributed by atoms with Crippen LogP contribution in [0.5, 0.6) is 0 Å². The van der Waals surface area contributed by atoms with Crippen molar-refractivity contribution in [2.75, 3.05) is 7.11 Å². The number of aromatic nitrogens is 1. The molecule has 21 heavy (non-hydrogen) atoms. The Hall–Kier alpha value is -2.69. The lowest BCUT2D eigenvalue weighted by molar-refractivity contribution is -0.147. The molecule has 0 aliphatic carbocycles. The molecule has 0 fully saturated rings. The number of methoxy groups -OCH3 is 1. The maximum Gasteiger partial charge on any atom is 0.337 e. The highest BCUT2D eigenvalue weighted by atomic mass is 16.6. The molecule has 5 heteroatoms. The summed E-state index contributed by atoms with van der Waals surface area (Å²) in [4.78, 5) is 27.3. The van der Waals surface area contributed by atoms with Gasteiger partial charge in [-0.05, 0) is 12.1 Å². The van der Waals surface area contributed by atoms with E-state index in [9.17, 15) is 9.59 Å². The van der Waals surface area contributed by atoms with Crippen LogP contribution in [0.2, 0.25) is 0 Å². The van der Waals surface area contributed by atoms with Crippen LogP contribution >= 0.6 is 0 Å². The molecule has 0 amide bonds. The third-order valence-corrected chi connectivity index (χ3v) is 2.94. The van der Waals surface area contributed by atoms with E-state index in [1.807, 2.05) is 30.3 Å². The number of rotatable bonds is 4. The fraction of sp³-hybridized carbons (Fsp3) is 0.188. The Kier molecular flexibility index (Phi) is 4.33. The SMILES string of the molecule is C=C(C(=O)OC)C(OC(C)=O)c1ccc2ccccc2n1. The van der Waals surface area contributed by atoms with Gasteiger partial charge in [0.05, 0.1) is 23.9 Å². The highest BCUT2D eigenvalue weighted by molar-refractivity contribution is 5.89. The lowest BCUT2D eigenvalue weighted by Crippen LogP contribution is -2.18. The normalized spacial score (nSPS) is 11.7. The Balaban J connectivity index is 2.44. The number of pyridine rings is 1. The fourth-order valence-corrected chi connectivity index (χ4v) is 1.94. The quantitative estimate of drug-likeness (QED) is 0.638. The van der Waals surface area contributed by atoms with E-state index in [1.165, 1.54) is 14.0 Å². The number of benzene rings is 1. The van der Waals surface area contributed by atoms with E-state index in [0.717, 1.165) is 10.9 Å². The minimum Gasteiger partial charge on any atom is -0.466 e. The molecular formula is C16H15NO4. The van der Waals surface area contributed by atoms with Crippen molar-refractivity contribution in [1.29, 1.82) is 0 Å². The van der Waals surface area contributed by atoms with Crippen molar-refractivity contribution in [3.8, 4) is 0 Å². The summed E-state index contributed by atoms with van der Waals surface area (Å²) in [5.41, 5.74) is 1.19. The predicted molar refractivity (Wildman–Crippen MR) is 77.4 cm³/mol. The number of para-hydroxylation sites is 1. The van der Waals surface area contributed by atoms with Crippen LogP contribution in [0.3, 0.4) is 0 Å². The van der Waals surface area contributed by atoms with Gasteiger partial charge in [0.15, 0.2) is 6.10 Å². The standard InChI is InChI=1S/C16H15NO4/c1-10(16(19)20-3)15(21-11(2)18)14-9-8-12-6-4-5-7-13(12)17-14/h4-9,15H,1H2,2-3H3. The van der Waals surface area contributed by atoms with Crippen LogP contribution in [0.25, 0.3) is 10.9 Å². The van der Waals surface area contributed by atoms with Gasteiger partial charge in [-0.25, -0.2) is 9.78 Å². The first kappa shape index (κ1) is 14.7. The molecule has 0 radical (unpaired) electrons. The smallest absolute Gasteiger partial charge is 0.337 e. The molecule has 1 atom stereocenters. The second-order valence-electron chi connectivity index (χ2n) is 4.44. The summed E-state index contributed by atoms with van der Waals surface area (Å²) < 4.78 is 9.79. The van der Waals surface area contributed by atoms with E-state index in [2.05, 4.69) is 16.3 Å². The summed E-state index contributed by atoms with van der Waals surface area (Å²) in [7, 11) is 1.24. The highest BCUT2D eigenvalue weighted by Gasteiger charge is 2.25. The minimum atomic E-state index is -0.959. The zero-order valence-corrected chi connectivity index (χ0v) is 11.8. The van der Waals surface area contributed by atoms with E-state index >= 15 is 0 Å². The van der Waals surface area contributed by atoms with E-state index < -0.39 is 18.0 Å². The van der Waals surface area contributed by atoms with Gasteiger partial charge in [0, 0.05) is 12.3 Å². The van der Waals surface area contributed by atoms with Crippen molar-refractivity contribution in [1.82, 2.24) is 4.98 Å². The summed E-state index contributed by atoms with van der Waals surface area (Å²) >= 11 is 0. The van der Waals surface area contributed by atoms with Crippen molar-refractivity contribution in [3.05, 3.63) is 54.2 Å². The highest BCUT2D eigenvalue weighted by Crippen LogP contribution is 2.26. The van der Waals surface area contributed by atoms with Gasteiger partial charge in [-0.1, -0.05) is 30.8 Å². The van der Waals surface area contributed by atoms with Gasteiger partial charge in [-0.3, -0.25) is 4.79 Å². The van der Waals surface area contributed by atoms with Gasteiger partial charge in [-0.2, -0.15) is 0 Å². The fourth-order valence-electron chi connectivity index (χ4n) is 1.94. The monoisotopic (exact) mass is 285 g/mol. The van der Waals surface area contributed by atoms with Gasteiger partial charge in [0.25, 0.3) is 0 Å². The Bertz CT molecular complexity index is 708. The van der Waals surface area contributed by atoms with Crippen molar-refractivity contribution in [3.63, 3.8) is 0 Å². The summed E-state index contributed by atoms with van der Waals surface area (Å²) in [5, 5.41) is 0.950. The molecule has 0 saturated carbocycles. The van der Waals surface area contributed by atoms with Crippen molar-refractivity contribution in [2.45, 2.75) is 13.0 Å². The van der Waals surface area contributed by atoms with Gasteiger partial charge in [-0.15, -0.1) is 0 Å². The summed E-state index contributed by atoms with van der Waals surface area (Å²) in [6, 6.07) is 11.1. The van der Waals surface area contributed by atoms with E-state index in [1.54, 1.807) is 6.07 Å². The van der Waals surface area contributed by atoms with Crippen molar-refractivity contribution < 1.29 is 19.1 Å². The first-order chi connectivity index (χ1) is 10.0. The lowest BCUT2D eigenvalue weighted by Gasteiger charge is -2.17. The van der Waals surface area contributed by atoms with Gasteiger partial charge < -0.3 is 9.47 Å². The summed E-state index contributed by atoms with van der Waals surface area (Å²) in [5.74, 6) is -1.17. The van der Waals surface area contributed by atoms with Gasteiger partial charge in [0.2, 0.25) is 0 Å². The van der Waals surface area contributed by atoms with Gasteiger partial charge >= 0.3 is 11.9 Å². The number of hydrogen-bond acceptors (Lipinski definition) is 5. The number of ether oxygens (including phenoxy) is 2. The topological polar surface area (TPSA) is 65.5 Å². The maximum absolute atomic E-state index is 11.6. The van der Waals surface area contributed by atoms with E-state index in [-0.39, 0.29) is 5.57 Å². The molecule has 2 aromatic rings. The molecule has 0 aliphatic rings. The van der Waals surface area contributed by atoms with Crippen LogP contribution in [-0.4, -0.2) is 24.0 Å². The average molecular weight is 285 g/mol. The van der Waals surface area contributed by atoms with Crippen molar-refractivity contribution >= 4 is 22.8 Å². The molecule has 0 saturated heterocycles. The molecule has 108 valence electrons. The Morgan fingerprint density at radius 1 is 1.19 bits per heavy atom. The molecule has 1 aromatic heterocycles. The van der Waals surface area contributed by atoms with E-state index in [0.29, 0.717) is 5.69 Å².